The number of pyridine rings is 1. The van der Waals surface area contributed by atoms with E-state index in [0.717, 1.165) is 22.3 Å². The summed E-state index contributed by atoms with van der Waals surface area (Å²) in [5.41, 5.74) is 3.50. The molecule has 38 heavy (non-hydrogen) atoms. The lowest BCUT2D eigenvalue weighted by atomic mass is 9.92. The number of nitrogens with one attached hydrogen (secondary N) is 3. The number of carbonyl (C=O) groups is 1. The van der Waals surface area contributed by atoms with Crippen LogP contribution in [0.2, 0.25) is 5.02 Å². The molecule has 198 valence electrons. The van der Waals surface area contributed by atoms with E-state index in [1.807, 2.05) is 25.1 Å². The van der Waals surface area contributed by atoms with Crippen LogP contribution in [0.3, 0.4) is 0 Å². The van der Waals surface area contributed by atoms with Gasteiger partial charge in [0.15, 0.2) is 0 Å². The number of rotatable bonds is 5. The van der Waals surface area contributed by atoms with Crippen molar-refractivity contribution in [2.75, 3.05) is 19.8 Å². The average molecular weight is 537 g/mol. The molecule has 3 aliphatic rings. The highest BCUT2D eigenvalue weighted by molar-refractivity contribution is 6.49. The second kappa shape index (κ2) is 11.2. The highest BCUT2D eigenvalue weighted by Crippen LogP contribution is 2.33. The Hall–Kier alpha value is -3.37. The molecule has 2 aliphatic heterocycles. The summed E-state index contributed by atoms with van der Waals surface area (Å²) >= 11 is 6.32. The molecule has 1 amide bonds. The quantitative estimate of drug-likeness (QED) is 0.503. The summed E-state index contributed by atoms with van der Waals surface area (Å²) in [5, 5.41) is 19.0. The van der Waals surface area contributed by atoms with Crippen LogP contribution < -0.4 is 10.9 Å². The Morgan fingerprint density at radius 3 is 2.71 bits per heavy atom. The fourth-order valence-corrected chi connectivity index (χ4v) is 5.07. The maximum atomic E-state index is 13.6. The van der Waals surface area contributed by atoms with Crippen LogP contribution in [0.1, 0.15) is 30.5 Å². The second-order valence-corrected chi connectivity index (χ2v) is 10.1. The monoisotopic (exact) mass is 536 g/mol. The van der Waals surface area contributed by atoms with Gasteiger partial charge in [-0.3, -0.25) is 20.4 Å². The van der Waals surface area contributed by atoms with Crippen LogP contribution in [-0.2, 0) is 32.0 Å². The van der Waals surface area contributed by atoms with Gasteiger partial charge in [0.2, 0.25) is 5.91 Å². The Balaban J connectivity index is 1.54. The minimum atomic E-state index is -0.911. The third-order valence-corrected chi connectivity index (χ3v) is 7.09. The number of ether oxygens (including phenoxy) is 3. The van der Waals surface area contributed by atoms with E-state index in [2.05, 4.69) is 5.32 Å². The van der Waals surface area contributed by atoms with E-state index in [9.17, 15) is 9.59 Å². The van der Waals surface area contributed by atoms with Crippen molar-refractivity contribution in [1.29, 1.82) is 10.8 Å². The molecule has 1 aromatic carbocycles. The molecule has 3 heterocycles. The molecule has 3 N–H and O–H groups in total. The molecule has 1 aromatic heterocycles. The van der Waals surface area contributed by atoms with E-state index < -0.39 is 11.9 Å². The largest absolute Gasteiger partial charge is 0.376 e. The van der Waals surface area contributed by atoms with Crippen LogP contribution in [0.4, 0.5) is 0 Å². The maximum absolute atomic E-state index is 13.6. The highest BCUT2D eigenvalue weighted by Gasteiger charge is 2.30. The van der Waals surface area contributed by atoms with Crippen molar-refractivity contribution in [1.82, 2.24) is 9.88 Å². The summed E-state index contributed by atoms with van der Waals surface area (Å²) in [6, 6.07) is 6.28. The Bertz CT molecular complexity index is 1410. The summed E-state index contributed by atoms with van der Waals surface area (Å²) in [6.45, 7) is 3.48. The van der Waals surface area contributed by atoms with Gasteiger partial charge in [-0.25, -0.2) is 0 Å². The predicted octanol–water partition coefficient (Wildman–Crippen LogP) is 3.59. The highest BCUT2D eigenvalue weighted by atomic mass is 35.5. The van der Waals surface area contributed by atoms with Gasteiger partial charge >= 0.3 is 0 Å². The topological polar surface area (TPSA) is 126 Å². The lowest BCUT2D eigenvalue weighted by Crippen LogP contribution is -2.41. The Labute approximate surface area is 225 Å². The lowest BCUT2D eigenvalue weighted by molar-refractivity contribution is -0.128. The molecule has 0 spiro atoms. The number of amides is 1. The van der Waals surface area contributed by atoms with E-state index in [1.54, 1.807) is 18.3 Å². The molecule has 5 rings (SSSR count). The molecule has 1 fully saturated rings. The van der Waals surface area contributed by atoms with Gasteiger partial charge in [0, 0.05) is 35.0 Å². The SMILES string of the molecule is CC1Cc2ccc(Cl)cc2-c2cc(=O)n(C(CC3COCCO3)C(=O)NC3=CC(=N)C(=N)C=C3)cc2CO1. The summed E-state index contributed by atoms with van der Waals surface area (Å²) in [5.74, 6) is -0.429. The van der Waals surface area contributed by atoms with E-state index in [1.165, 1.54) is 16.7 Å². The summed E-state index contributed by atoms with van der Waals surface area (Å²) in [6.07, 6.45) is 6.61. The van der Waals surface area contributed by atoms with Crippen LogP contribution in [0, 0.1) is 10.8 Å². The van der Waals surface area contributed by atoms with Gasteiger partial charge in [-0.1, -0.05) is 17.7 Å². The average Bonchev–Trinajstić information content (AvgIpc) is 2.89. The molecule has 0 saturated carbocycles. The number of fused-ring (bicyclic) bond motifs is 3. The summed E-state index contributed by atoms with van der Waals surface area (Å²) in [7, 11) is 0. The van der Waals surface area contributed by atoms with Gasteiger partial charge in [0.05, 0.1) is 50.1 Å². The van der Waals surface area contributed by atoms with Crippen molar-refractivity contribution >= 4 is 28.9 Å². The minimum Gasteiger partial charge on any atom is -0.376 e. The zero-order valence-corrected chi connectivity index (χ0v) is 21.7. The van der Waals surface area contributed by atoms with Gasteiger partial charge in [-0.15, -0.1) is 0 Å². The summed E-state index contributed by atoms with van der Waals surface area (Å²) < 4.78 is 18.8. The first-order chi connectivity index (χ1) is 18.3. The molecule has 2 aromatic rings. The Morgan fingerprint density at radius 2 is 1.95 bits per heavy atom. The van der Waals surface area contributed by atoms with Gasteiger partial charge in [-0.2, -0.15) is 0 Å². The number of carbonyl (C=O) groups excluding carboxylic acids is 1. The van der Waals surface area contributed by atoms with Crippen LogP contribution in [-0.4, -0.2) is 53.9 Å². The van der Waals surface area contributed by atoms with Crippen molar-refractivity contribution in [2.24, 2.45) is 0 Å². The van der Waals surface area contributed by atoms with Gasteiger partial charge < -0.3 is 24.1 Å². The smallest absolute Gasteiger partial charge is 0.251 e. The third kappa shape index (κ3) is 5.71. The number of aromatic nitrogens is 1. The fourth-order valence-electron chi connectivity index (χ4n) is 4.90. The molecule has 1 saturated heterocycles. The van der Waals surface area contributed by atoms with E-state index in [0.29, 0.717) is 37.0 Å². The summed E-state index contributed by atoms with van der Waals surface area (Å²) in [4.78, 5) is 27.2. The fraction of sp³-hybridized carbons (Fsp3) is 0.357. The zero-order chi connectivity index (χ0) is 26.8. The van der Waals surface area contributed by atoms with Crippen molar-refractivity contribution in [2.45, 2.75) is 44.6 Å². The normalized spacial score (nSPS) is 22.0. The van der Waals surface area contributed by atoms with Crippen LogP contribution in [0.5, 0.6) is 0 Å². The number of hydrogen-bond acceptors (Lipinski definition) is 7. The molecule has 3 unspecified atom stereocenters. The van der Waals surface area contributed by atoms with Gasteiger partial charge in [-0.05, 0) is 60.4 Å². The maximum Gasteiger partial charge on any atom is 0.251 e. The molecular formula is C28H29ClN4O5. The van der Waals surface area contributed by atoms with Crippen molar-refractivity contribution in [3.05, 3.63) is 80.9 Å². The molecule has 9 nitrogen and oxygen atoms in total. The van der Waals surface area contributed by atoms with Crippen molar-refractivity contribution in [3.8, 4) is 11.1 Å². The van der Waals surface area contributed by atoms with Crippen molar-refractivity contribution < 1.29 is 19.0 Å². The molecular weight excluding hydrogens is 508 g/mol. The first-order valence-electron chi connectivity index (χ1n) is 12.5. The molecule has 10 heteroatoms. The van der Waals surface area contributed by atoms with Crippen LogP contribution in [0.15, 0.2) is 59.2 Å². The molecule has 0 radical (unpaired) electrons. The third-order valence-electron chi connectivity index (χ3n) is 6.85. The first-order valence-corrected chi connectivity index (χ1v) is 12.9. The lowest BCUT2D eigenvalue weighted by Gasteiger charge is -2.29. The number of halogens is 1. The predicted molar refractivity (Wildman–Crippen MR) is 144 cm³/mol. The van der Waals surface area contributed by atoms with Gasteiger partial charge in [0.25, 0.3) is 5.56 Å². The number of hydrogen-bond donors (Lipinski definition) is 3. The Kier molecular flexibility index (Phi) is 7.71. The zero-order valence-electron chi connectivity index (χ0n) is 21.0. The first kappa shape index (κ1) is 26.2. The van der Waals surface area contributed by atoms with E-state index in [4.69, 9.17) is 36.6 Å². The Morgan fingerprint density at radius 1 is 1.13 bits per heavy atom. The number of nitrogens with zero attached hydrogens (tertiary/aromatic N) is 1. The van der Waals surface area contributed by atoms with Crippen molar-refractivity contribution in [3.63, 3.8) is 0 Å². The second-order valence-electron chi connectivity index (χ2n) is 9.65. The molecule has 3 atom stereocenters. The van der Waals surface area contributed by atoms with Crippen LogP contribution in [0.25, 0.3) is 11.1 Å². The number of allylic oxidation sites excluding steroid dienone is 3. The minimum absolute atomic E-state index is 0.00905. The van der Waals surface area contributed by atoms with E-state index >= 15 is 0 Å². The van der Waals surface area contributed by atoms with Crippen LogP contribution >= 0.6 is 11.6 Å². The number of benzene rings is 1. The molecule has 0 bridgehead atoms. The van der Waals surface area contributed by atoms with E-state index in [-0.39, 0.29) is 42.2 Å². The standard InChI is InChI=1S/C28H29ClN4O5/c1-16-8-17-2-3-19(29)9-22(17)23-12-27(34)33(13-18(23)14-38-16)26(11-21-15-36-6-7-37-21)28(35)32-20-4-5-24(30)25(31)10-20/h2-5,9-10,12-13,16,21,26,30-31H,6-8,11,14-15H2,1H3,(H,32,35). The van der Waals surface area contributed by atoms with Gasteiger partial charge in [0.1, 0.15) is 6.04 Å². The molecule has 1 aliphatic carbocycles.